The zero-order valence-electron chi connectivity index (χ0n) is 18.8. The largest absolute Gasteiger partial charge is 0.493 e. The fourth-order valence-electron chi connectivity index (χ4n) is 3.40. The summed E-state index contributed by atoms with van der Waals surface area (Å²) in [5.41, 5.74) is 2.07. The van der Waals surface area contributed by atoms with E-state index >= 15 is 0 Å². The van der Waals surface area contributed by atoms with E-state index in [0.29, 0.717) is 31.6 Å². The number of ether oxygens (including phenoxy) is 1. The van der Waals surface area contributed by atoms with Crippen molar-refractivity contribution < 1.29 is 9.26 Å². The van der Waals surface area contributed by atoms with Crippen LogP contribution in [0.15, 0.2) is 39.8 Å². The van der Waals surface area contributed by atoms with Gasteiger partial charge < -0.3 is 24.5 Å². The number of aliphatic imine (C=N–C) groups is 1. The van der Waals surface area contributed by atoms with Crippen LogP contribution in [0.2, 0.25) is 0 Å². The van der Waals surface area contributed by atoms with Gasteiger partial charge in [-0.1, -0.05) is 37.2 Å². The van der Waals surface area contributed by atoms with Crippen molar-refractivity contribution in [3.05, 3.63) is 59.0 Å². The van der Waals surface area contributed by atoms with Gasteiger partial charge in [-0.25, -0.2) is 4.99 Å². The van der Waals surface area contributed by atoms with E-state index < -0.39 is 0 Å². The second kappa shape index (κ2) is 10.8. The molecule has 0 radical (unpaired) electrons. The molecule has 4 rings (SSSR count). The number of aromatic nitrogens is 4. The number of hydrogen-bond donors (Lipinski definition) is 2. The van der Waals surface area contributed by atoms with E-state index in [1.54, 1.807) is 0 Å². The first-order valence-corrected chi connectivity index (χ1v) is 10.6. The molecular formula is C22H30IN7O2. The standard InChI is InChI=1S/C22H29N7O2.HI/c1-14(2)19-11-16(31-28-19)12-23-22(24-13-21-27-26-15(3)29(21)4)25-18-9-10-30-20-8-6-5-7-17(18)20;/h5-8,11,14,18H,9-10,12-13H2,1-4H3,(H2,23,24,25);1H. The fraction of sp³-hybridized carbons (Fsp3) is 0.455. The minimum absolute atomic E-state index is 0. The molecule has 10 heteroatoms. The second-order valence-corrected chi connectivity index (χ2v) is 7.99. The van der Waals surface area contributed by atoms with Crippen molar-refractivity contribution in [3.8, 4) is 5.75 Å². The van der Waals surface area contributed by atoms with Crippen molar-refractivity contribution in [1.29, 1.82) is 0 Å². The summed E-state index contributed by atoms with van der Waals surface area (Å²) in [6, 6.07) is 10.2. The number of para-hydroxylation sites is 1. The molecule has 0 spiro atoms. The van der Waals surface area contributed by atoms with Crippen LogP contribution >= 0.6 is 24.0 Å². The molecule has 2 N–H and O–H groups in total. The molecule has 0 fully saturated rings. The lowest BCUT2D eigenvalue weighted by molar-refractivity contribution is 0.261. The molecular weight excluding hydrogens is 521 g/mol. The molecule has 1 unspecified atom stereocenters. The third-order valence-electron chi connectivity index (χ3n) is 5.43. The summed E-state index contributed by atoms with van der Waals surface area (Å²) in [6.45, 7) is 7.65. The van der Waals surface area contributed by atoms with E-state index in [2.05, 4.69) is 45.9 Å². The Morgan fingerprint density at radius 3 is 2.81 bits per heavy atom. The summed E-state index contributed by atoms with van der Waals surface area (Å²) in [5, 5.41) is 19.4. The molecule has 0 saturated carbocycles. The van der Waals surface area contributed by atoms with E-state index in [-0.39, 0.29) is 30.0 Å². The molecule has 1 aliphatic rings. The molecule has 2 aromatic heterocycles. The van der Waals surface area contributed by atoms with Gasteiger partial charge >= 0.3 is 0 Å². The summed E-state index contributed by atoms with van der Waals surface area (Å²) < 4.78 is 13.2. The van der Waals surface area contributed by atoms with Crippen LogP contribution in [-0.4, -0.2) is 32.5 Å². The van der Waals surface area contributed by atoms with Gasteiger partial charge in [0, 0.05) is 25.1 Å². The summed E-state index contributed by atoms with van der Waals surface area (Å²) in [6.07, 6.45) is 0.848. The predicted molar refractivity (Wildman–Crippen MR) is 132 cm³/mol. The highest BCUT2D eigenvalue weighted by molar-refractivity contribution is 14.0. The third kappa shape index (κ3) is 5.59. The van der Waals surface area contributed by atoms with E-state index in [4.69, 9.17) is 14.3 Å². The molecule has 1 atom stereocenters. The lowest BCUT2D eigenvalue weighted by atomic mass is 10.0. The number of halogens is 1. The van der Waals surface area contributed by atoms with Crippen molar-refractivity contribution in [2.75, 3.05) is 6.61 Å². The van der Waals surface area contributed by atoms with Crippen molar-refractivity contribution >= 4 is 29.9 Å². The van der Waals surface area contributed by atoms with Crippen molar-refractivity contribution in [3.63, 3.8) is 0 Å². The molecule has 3 aromatic rings. The first-order chi connectivity index (χ1) is 15.0. The SMILES string of the molecule is Cc1nnc(CN=C(NCc2cc(C(C)C)no2)NC2CCOc3ccccc32)n1C.I. The number of rotatable bonds is 6. The molecule has 0 saturated heterocycles. The molecule has 1 aliphatic heterocycles. The van der Waals surface area contributed by atoms with Gasteiger partial charge in [0.25, 0.3) is 0 Å². The maximum absolute atomic E-state index is 5.79. The lowest BCUT2D eigenvalue weighted by Gasteiger charge is -2.28. The highest BCUT2D eigenvalue weighted by atomic mass is 127. The Balaban J connectivity index is 0.00000289. The number of guanidine groups is 1. The topological polar surface area (TPSA) is 102 Å². The van der Waals surface area contributed by atoms with E-state index in [1.807, 2.05) is 42.8 Å². The quantitative estimate of drug-likeness (QED) is 0.274. The molecule has 0 aliphatic carbocycles. The average Bonchev–Trinajstić information content (AvgIpc) is 3.38. The zero-order chi connectivity index (χ0) is 21.8. The predicted octanol–water partition coefficient (Wildman–Crippen LogP) is 3.61. The van der Waals surface area contributed by atoms with Crippen molar-refractivity contribution in [1.82, 2.24) is 30.6 Å². The van der Waals surface area contributed by atoms with Gasteiger partial charge in [-0.15, -0.1) is 34.2 Å². The van der Waals surface area contributed by atoms with Gasteiger partial charge in [0.15, 0.2) is 17.5 Å². The Labute approximate surface area is 205 Å². The second-order valence-electron chi connectivity index (χ2n) is 7.99. The Morgan fingerprint density at radius 1 is 1.28 bits per heavy atom. The molecule has 1 aromatic carbocycles. The van der Waals surface area contributed by atoms with Crippen molar-refractivity contribution in [2.45, 2.75) is 52.2 Å². The molecule has 9 nitrogen and oxygen atoms in total. The average molecular weight is 551 g/mol. The Bertz CT molecular complexity index is 1060. The van der Waals surface area contributed by atoms with Crippen LogP contribution in [0.4, 0.5) is 0 Å². The summed E-state index contributed by atoms with van der Waals surface area (Å²) in [5.74, 6) is 4.32. The number of hydrogen-bond acceptors (Lipinski definition) is 6. The van der Waals surface area contributed by atoms with Gasteiger partial charge in [0.1, 0.15) is 18.1 Å². The van der Waals surface area contributed by atoms with Gasteiger partial charge in [0.05, 0.1) is 24.9 Å². The van der Waals surface area contributed by atoms with Gasteiger partial charge in [0.2, 0.25) is 0 Å². The molecule has 0 amide bonds. The third-order valence-corrected chi connectivity index (χ3v) is 5.43. The van der Waals surface area contributed by atoms with E-state index in [0.717, 1.165) is 40.8 Å². The molecule has 32 heavy (non-hydrogen) atoms. The summed E-state index contributed by atoms with van der Waals surface area (Å²) in [7, 11) is 1.94. The normalized spacial score (nSPS) is 15.7. The maximum atomic E-state index is 5.79. The Kier molecular flexibility index (Phi) is 8.10. The van der Waals surface area contributed by atoms with Crippen LogP contribution in [0.25, 0.3) is 0 Å². The van der Waals surface area contributed by atoms with Gasteiger partial charge in [-0.3, -0.25) is 0 Å². The van der Waals surface area contributed by atoms with Crippen LogP contribution in [0.1, 0.15) is 60.9 Å². The number of fused-ring (bicyclic) bond motifs is 1. The molecule has 0 bridgehead atoms. The number of aryl methyl sites for hydroxylation is 1. The number of benzene rings is 1. The maximum Gasteiger partial charge on any atom is 0.192 e. The summed E-state index contributed by atoms with van der Waals surface area (Å²) in [4.78, 5) is 4.76. The van der Waals surface area contributed by atoms with Gasteiger partial charge in [-0.2, -0.15) is 0 Å². The number of nitrogens with one attached hydrogen (secondary N) is 2. The monoisotopic (exact) mass is 551 g/mol. The van der Waals surface area contributed by atoms with Crippen LogP contribution in [0.5, 0.6) is 5.75 Å². The molecule has 172 valence electrons. The molecule has 3 heterocycles. The van der Waals surface area contributed by atoms with Gasteiger partial charge in [-0.05, 0) is 18.9 Å². The highest BCUT2D eigenvalue weighted by Gasteiger charge is 2.22. The zero-order valence-corrected chi connectivity index (χ0v) is 21.2. The van der Waals surface area contributed by atoms with E-state index in [1.165, 1.54) is 0 Å². The number of nitrogens with zero attached hydrogens (tertiary/aromatic N) is 5. The van der Waals surface area contributed by atoms with Crippen LogP contribution in [0.3, 0.4) is 0 Å². The lowest BCUT2D eigenvalue weighted by Crippen LogP contribution is -2.40. The van der Waals surface area contributed by atoms with Crippen LogP contribution in [0, 0.1) is 6.92 Å². The first-order valence-electron chi connectivity index (χ1n) is 10.6. The minimum atomic E-state index is 0. The highest BCUT2D eigenvalue weighted by Crippen LogP contribution is 2.31. The van der Waals surface area contributed by atoms with Crippen LogP contribution in [-0.2, 0) is 20.1 Å². The Hall–Kier alpha value is -2.63. The Morgan fingerprint density at radius 2 is 2.09 bits per heavy atom. The first kappa shape index (κ1) is 24.0. The summed E-state index contributed by atoms with van der Waals surface area (Å²) >= 11 is 0. The minimum Gasteiger partial charge on any atom is -0.493 e. The van der Waals surface area contributed by atoms with E-state index in [9.17, 15) is 0 Å². The fourth-order valence-corrected chi connectivity index (χ4v) is 3.40. The van der Waals surface area contributed by atoms with Crippen molar-refractivity contribution in [2.24, 2.45) is 12.0 Å². The van der Waals surface area contributed by atoms with Crippen LogP contribution < -0.4 is 15.4 Å². The smallest absolute Gasteiger partial charge is 0.192 e.